The zero-order chi connectivity index (χ0) is 46.1. The Balaban J connectivity index is 0.000000139. The van der Waals surface area contributed by atoms with E-state index in [9.17, 15) is 4.79 Å². The van der Waals surface area contributed by atoms with E-state index in [2.05, 4.69) is 83.3 Å². The molecule has 5 heterocycles. The lowest BCUT2D eigenvalue weighted by atomic mass is 10.1. The Kier molecular flexibility index (Phi) is 13.8. The van der Waals surface area contributed by atoms with Crippen LogP contribution in [0.5, 0.6) is 23.0 Å². The number of imidazole rings is 1. The first-order valence-corrected chi connectivity index (χ1v) is 22.5. The van der Waals surface area contributed by atoms with Crippen molar-refractivity contribution in [1.29, 1.82) is 0 Å². The van der Waals surface area contributed by atoms with E-state index in [0.29, 0.717) is 22.8 Å². The molecular formula is C52H56N12O3. The van der Waals surface area contributed by atoms with Gasteiger partial charge in [-0.15, -0.1) is 0 Å². The van der Waals surface area contributed by atoms with E-state index in [0.717, 1.165) is 133 Å². The van der Waals surface area contributed by atoms with Crippen molar-refractivity contribution in [2.75, 3.05) is 77.9 Å². The minimum atomic E-state index is 0.462. The number of fused-ring (bicyclic) bond motifs is 3. The fourth-order valence-electron chi connectivity index (χ4n) is 8.17. The number of hydrogen-bond donors (Lipinski definition) is 5. The van der Waals surface area contributed by atoms with Gasteiger partial charge in [0, 0.05) is 76.2 Å². The number of ether oxygens (including phenoxy) is 2. The van der Waals surface area contributed by atoms with Gasteiger partial charge in [0.25, 0.3) is 0 Å². The van der Waals surface area contributed by atoms with Crippen LogP contribution in [0.2, 0.25) is 0 Å². The Morgan fingerprint density at radius 1 is 0.552 bits per heavy atom. The number of benzene rings is 6. The first-order valence-electron chi connectivity index (χ1n) is 22.5. The number of aromatic nitrogens is 6. The van der Waals surface area contributed by atoms with Crippen molar-refractivity contribution in [3.63, 3.8) is 0 Å². The topological polar surface area (TPSA) is 187 Å². The van der Waals surface area contributed by atoms with E-state index in [1.165, 1.54) is 11.1 Å². The van der Waals surface area contributed by atoms with Crippen LogP contribution in [0.4, 0.5) is 11.4 Å². The zero-order valence-corrected chi connectivity index (χ0v) is 37.9. The highest BCUT2D eigenvalue weighted by atomic mass is 16.5. The van der Waals surface area contributed by atoms with Gasteiger partial charge in [-0.3, -0.25) is 24.8 Å². The number of anilines is 2. The van der Waals surface area contributed by atoms with Crippen molar-refractivity contribution in [3.05, 3.63) is 150 Å². The number of hydrogen-bond acceptors (Lipinski definition) is 12. The summed E-state index contributed by atoms with van der Waals surface area (Å²) in [7, 11) is 4.35. The van der Waals surface area contributed by atoms with Crippen LogP contribution in [-0.2, 0) is 13.1 Å². The van der Waals surface area contributed by atoms with E-state index in [1.807, 2.05) is 103 Å². The van der Waals surface area contributed by atoms with Crippen LogP contribution in [-0.4, -0.2) is 123 Å². The highest BCUT2D eigenvalue weighted by Crippen LogP contribution is 2.32. The van der Waals surface area contributed by atoms with Crippen LogP contribution in [0.1, 0.15) is 21.6 Å². The summed E-state index contributed by atoms with van der Waals surface area (Å²) in [6.07, 6.45) is 0.752. The molecule has 15 nitrogen and oxygen atoms in total. The quantitative estimate of drug-likeness (QED) is 0.0653. The number of aromatic amines is 3. The van der Waals surface area contributed by atoms with E-state index < -0.39 is 0 Å². The largest absolute Gasteiger partial charge is 0.457 e. The SMILES string of the molecule is CN1CCN(Cc2ccc(N)c(N)c2)CC1.CN1CCN(Cc2ccc3nc(-c4n[nH]c5ccc(Oc6ccccc6)cc45)[nH]c3c2)CC1.O=Cc1[nH]nc2ccc(Oc3ccccc3)cc12. The van der Waals surface area contributed by atoms with Gasteiger partial charge in [0.1, 0.15) is 34.4 Å². The molecule has 0 saturated carbocycles. The molecular weight excluding hydrogens is 841 g/mol. The summed E-state index contributed by atoms with van der Waals surface area (Å²) in [5.41, 5.74) is 20.3. The van der Waals surface area contributed by atoms with Gasteiger partial charge in [0.05, 0.1) is 33.4 Å². The number of likely N-dealkylation sites (N-methyl/N-ethyl adjacent to an activating group) is 2. The molecule has 2 aliphatic heterocycles. The maximum absolute atomic E-state index is 10.8. The summed E-state index contributed by atoms with van der Waals surface area (Å²) < 4.78 is 11.7. The summed E-state index contributed by atoms with van der Waals surface area (Å²) in [6, 6.07) is 43.1. The molecule has 11 rings (SSSR count). The van der Waals surface area contributed by atoms with Crippen LogP contribution in [0, 0.1) is 0 Å². The summed E-state index contributed by atoms with van der Waals surface area (Å²) in [4.78, 5) is 28.8. The van der Waals surface area contributed by atoms with Gasteiger partial charge in [0.15, 0.2) is 12.1 Å². The molecule has 0 bridgehead atoms. The van der Waals surface area contributed by atoms with Gasteiger partial charge in [-0.2, -0.15) is 10.2 Å². The van der Waals surface area contributed by atoms with E-state index in [4.69, 9.17) is 25.9 Å². The lowest BCUT2D eigenvalue weighted by Gasteiger charge is -2.32. The monoisotopic (exact) mass is 896 g/mol. The van der Waals surface area contributed by atoms with Crippen LogP contribution in [0.25, 0.3) is 44.4 Å². The van der Waals surface area contributed by atoms with Gasteiger partial charge in [-0.05, 0) is 110 Å². The number of nitrogens with one attached hydrogen (secondary N) is 3. The second-order valence-electron chi connectivity index (χ2n) is 17.1. The third kappa shape index (κ3) is 11.3. The molecule has 6 aromatic carbocycles. The molecule has 9 aromatic rings. The summed E-state index contributed by atoms with van der Waals surface area (Å²) in [5.74, 6) is 3.76. The molecule has 2 saturated heterocycles. The van der Waals surface area contributed by atoms with Crippen molar-refractivity contribution in [3.8, 4) is 34.5 Å². The third-order valence-corrected chi connectivity index (χ3v) is 12.1. The van der Waals surface area contributed by atoms with Gasteiger partial charge < -0.3 is 35.7 Å². The molecule has 15 heteroatoms. The fourth-order valence-corrected chi connectivity index (χ4v) is 8.17. The lowest BCUT2D eigenvalue weighted by molar-refractivity contribution is 0.112. The standard InChI is InChI=1S/C26H26N6O.C14H10N2O2.C12H20N4/c1-31-11-13-32(14-12-31)17-18-7-9-23-24(15-18)28-26(27-23)25-21-16-20(8-10-22(21)29-30-25)33-19-5-3-2-4-6-19;17-9-14-12-8-11(6-7-13(12)15-16-14)18-10-4-2-1-3-5-10;1-15-4-6-16(7-5-15)9-10-2-3-11(13)12(14)8-10/h2-10,15-16H,11-14,17H2,1H3,(H,27,28)(H,29,30);1-9H,(H,15,16);2-3,8H,4-7,9,13-14H2,1H3. The molecule has 342 valence electrons. The molecule has 67 heavy (non-hydrogen) atoms. The second-order valence-corrected chi connectivity index (χ2v) is 17.1. The minimum absolute atomic E-state index is 0.462. The van der Waals surface area contributed by atoms with Gasteiger partial charge in [-0.1, -0.05) is 48.5 Å². The number of piperazine rings is 2. The van der Waals surface area contributed by atoms with Crippen LogP contribution in [0.15, 0.2) is 133 Å². The number of H-pyrrole nitrogens is 3. The van der Waals surface area contributed by atoms with Crippen molar-refractivity contribution >= 4 is 50.5 Å². The van der Waals surface area contributed by atoms with E-state index >= 15 is 0 Å². The summed E-state index contributed by atoms with van der Waals surface area (Å²) >= 11 is 0. The molecule has 2 fully saturated rings. The maximum Gasteiger partial charge on any atom is 0.168 e. The summed E-state index contributed by atoms with van der Waals surface area (Å²) in [6.45, 7) is 10.9. The van der Waals surface area contributed by atoms with Crippen molar-refractivity contribution in [2.45, 2.75) is 13.1 Å². The highest BCUT2D eigenvalue weighted by molar-refractivity contribution is 5.96. The zero-order valence-electron chi connectivity index (χ0n) is 37.9. The molecule has 0 radical (unpaired) electrons. The first kappa shape index (κ1) is 44.6. The minimum Gasteiger partial charge on any atom is -0.457 e. The average molecular weight is 897 g/mol. The van der Waals surface area contributed by atoms with Crippen molar-refractivity contribution in [2.24, 2.45) is 0 Å². The van der Waals surface area contributed by atoms with Crippen LogP contribution < -0.4 is 20.9 Å². The van der Waals surface area contributed by atoms with Crippen LogP contribution >= 0.6 is 0 Å². The Morgan fingerprint density at radius 3 is 1.73 bits per heavy atom. The van der Waals surface area contributed by atoms with E-state index in [1.54, 1.807) is 6.07 Å². The number of rotatable bonds is 10. The number of nitrogens with two attached hydrogens (primary N) is 2. The number of carbonyl (C=O) groups is 1. The average Bonchev–Trinajstić information content (AvgIpc) is 4.09. The molecule has 0 unspecified atom stereocenters. The number of aldehydes is 1. The Labute approximate surface area is 389 Å². The lowest BCUT2D eigenvalue weighted by Crippen LogP contribution is -2.43. The molecule has 0 spiro atoms. The number of nitrogen functional groups attached to an aromatic ring is 2. The first-order chi connectivity index (χ1) is 32.7. The molecule has 0 atom stereocenters. The Bertz CT molecular complexity index is 3040. The molecule has 7 N–H and O–H groups in total. The van der Waals surface area contributed by atoms with Gasteiger partial charge in [0.2, 0.25) is 0 Å². The summed E-state index contributed by atoms with van der Waals surface area (Å²) in [5, 5.41) is 16.1. The van der Waals surface area contributed by atoms with E-state index in [-0.39, 0.29) is 0 Å². The Hall–Kier alpha value is -7.56. The normalized spacial score (nSPS) is 14.9. The molecule has 3 aromatic heterocycles. The predicted molar refractivity (Wildman–Crippen MR) is 267 cm³/mol. The number of para-hydroxylation sites is 2. The Morgan fingerprint density at radius 2 is 1.12 bits per heavy atom. The molecule has 0 aliphatic carbocycles. The molecule has 0 amide bonds. The van der Waals surface area contributed by atoms with Crippen molar-refractivity contribution in [1.82, 2.24) is 50.0 Å². The predicted octanol–water partition coefficient (Wildman–Crippen LogP) is 8.41. The smallest absolute Gasteiger partial charge is 0.168 e. The third-order valence-electron chi connectivity index (χ3n) is 12.1. The number of nitrogens with zero attached hydrogens (tertiary/aromatic N) is 7. The van der Waals surface area contributed by atoms with Crippen LogP contribution in [0.3, 0.4) is 0 Å². The van der Waals surface area contributed by atoms with Crippen molar-refractivity contribution < 1.29 is 14.3 Å². The van der Waals surface area contributed by atoms with Gasteiger partial charge >= 0.3 is 0 Å². The number of carbonyl (C=O) groups excluding carboxylic acids is 1. The maximum atomic E-state index is 10.8. The van der Waals surface area contributed by atoms with Gasteiger partial charge in [-0.25, -0.2) is 4.98 Å². The molecule has 2 aliphatic rings. The second kappa shape index (κ2) is 20.7. The highest BCUT2D eigenvalue weighted by Gasteiger charge is 2.18. The fraction of sp³-hybridized carbons (Fsp3) is 0.231.